The molecule has 1 amide bonds. The second-order valence-corrected chi connectivity index (χ2v) is 6.22. The minimum atomic E-state index is -4.03. The van der Waals surface area contributed by atoms with Gasteiger partial charge >= 0.3 is 0 Å². The van der Waals surface area contributed by atoms with Crippen LogP contribution < -0.4 is 5.32 Å². The molecule has 0 radical (unpaired) electrons. The van der Waals surface area contributed by atoms with Crippen LogP contribution in [0.3, 0.4) is 0 Å². The van der Waals surface area contributed by atoms with Crippen LogP contribution in [0.5, 0.6) is 0 Å². The molecule has 1 aromatic carbocycles. The van der Waals surface area contributed by atoms with Crippen molar-refractivity contribution in [3.05, 3.63) is 36.1 Å². The zero-order chi connectivity index (χ0) is 16.6. The zero-order valence-corrected chi connectivity index (χ0v) is 12.1. The van der Waals surface area contributed by atoms with E-state index in [1.54, 1.807) is 23.5 Å². The van der Waals surface area contributed by atoms with Crippen molar-refractivity contribution in [2.24, 2.45) is 0 Å². The second kappa shape index (κ2) is 8.63. The van der Waals surface area contributed by atoms with Crippen LogP contribution in [0, 0.1) is 5.82 Å². The third kappa shape index (κ3) is 8.30. The highest BCUT2D eigenvalue weighted by Gasteiger charge is 2.35. The number of hydrogen-bond donors (Lipinski definition) is 2. The molecule has 0 heterocycles. The van der Waals surface area contributed by atoms with Crippen LogP contribution in [0.25, 0.3) is 0 Å². The van der Waals surface area contributed by atoms with Gasteiger partial charge in [-0.1, -0.05) is 18.2 Å². The van der Waals surface area contributed by atoms with Gasteiger partial charge in [0.1, 0.15) is 11.9 Å². The predicted octanol–water partition coefficient (Wildman–Crippen LogP) is 0.945. The number of rotatable bonds is 4. The number of carbonyl (C=O) groups excluding carboxylic acids is 1. The van der Waals surface area contributed by atoms with E-state index in [2.05, 4.69) is 0 Å². The lowest BCUT2D eigenvalue weighted by Crippen LogP contribution is -2.50. The van der Waals surface area contributed by atoms with E-state index < -0.39 is 33.6 Å². The van der Waals surface area contributed by atoms with Crippen LogP contribution in [-0.2, 0) is 14.6 Å². The summed E-state index contributed by atoms with van der Waals surface area (Å²) < 4.78 is 57.8. The monoisotopic (exact) mass is 327 g/mol. The van der Waals surface area contributed by atoms with Crippen LogP contribution in [0.2, 0.25) is 0 Å². The van der Waals surface area contributed by atoms with E-state index in [0.29, 0.717) is 6.26 Å². The van der Waals surface area contributed by atoms with Crippen LogP contribution in [0.15, 0.2) is 30.3 Å². The summed E-state index contributed by atoms with van der Waals surface area (Å²) in [6, 6.07) is 5.84. The first-order valence-corrected chi connectivity index (χ1v) is 7.64. The Morgan fingerprint density at radius 2 is 1.71 bits per heavy atom. The topological polar surface area (TPSA) is 83.5 Å². The predicted molar refractivity (Wildman–Crippen MR) is 70.9 cm³/mol. The normalized spacial score (nSPS) is 13.9. The molecule has 2 atom stereocenters. The summed E-state index contributed by atoms with van der Waals surface area (Å²) in [6.07, 6.45) is -2.54. The second-order valence-electron chi connectivity index (χ2n) is 4.08. The van der Waals surface area contributed by atoms with Crippen molar-refractivity contribution in [3.8, 4) is 0 Å². The molecule has 0 spiro atoms. The van der Waals surface area contributed by atoms with Crippen LogP contribution in [-0.4, -0.2) is 43.6 Å². The highest BCUT2D eigenvalue weighted by atomic mass is 32.2. The summed E-state index contributed by atoms with van der Waals surface area (Å²) in [5, 5.41) is 10.6. The molecule has 0 bridgehead atoms. The van der Waals surface area contributed by atoms with Gasteiger partial charge in [-0.2, -0.15) is 0 Å². The van der Waals surface area contributed by atoms with E-state index in [1.807, 2.05) is 0 Å². The largest absolute Gasteiger partial charge is 0.375 e. The van der Waals surface area contributed by atoms with Crippen molar-refractivity contribution >= 4 is 15.7 Å². The maximum atomic E-state index is 12.2. The van der Waals surface area contributed by atoms with Gasteiger partial charge in [0.15, 0.2) is 15.3 Å². The van der Waals surface area contributed by atoms with Crippen molar-refractivity contribution in [1.29, 1.82) is 0 Å². The van der Waals surface area contributed by atoms with Crippen LogP contribution in [0.1, 0.15) is 6.92 Å². The van der Waals surface area contributed by atoms with Gasteiger partial charge in [-0.25, -0.2) is 21.6 Å². The first-order chi connectivity index (χ1) is 9.55. The number of aliphatic hydroxyl groups excluding tert-OH is 1. The average molecular weight is 327 g/mol. The molecule has 2 N–H and O–H groups in total. The number of benzene rings is 1. The third-order valence-electron chi connectivity index (χ3n) is 2.12. The lowest BCUT2D eigenvalue weighted by atomic mass is 10.3. The lowest BCUT2D eigenvalue weighted by molar-refractivity contribution is -0.121. The quantitative estimate of drug-likeness (QED) is 0.862. The van der Waals surface area contributed by atoms with Crippen molar-refractivity contribution < 1.29 is 31.5 Å². The van der Waals surface area contributed by atoms with Crippen molar-refractivity contribution in [3.63, 3.8) is 0 Å². The summed E-state index contributed by atoms with van der Waals surface area (Å²) >= 11 is 0. The molecule has 5 nitrogen and oxygen atoms in total. The standard InChI is InChI=1S/C6H11F2NO4S.C6H5F/c1-3(10)9-4(5(7)8)6(11)14(2,12)13;7-6-4-2-1-3-5-6/h4-6,11H,1-2H3,(H,9,10);1-5H. The molecule has 1 rings (SSSR count). The Hall–Kier alpha value is -1.61. The van der Waals surface area contributed by atoms with Gasteiger partial charge in [0.05, 0.1) is 0 Å². The van der Waals surface area contributed by atoms with E-state index in [0.717, 1.165) is 6.92 Å². The minimum Gasteiger partial charge on any atom is -0.375 e. The van der Waals surface area contributed by atoms with E-state index in [-0.39, 0.29) is 5.82 Å². The Kier molecular flexibility index (Phi) is 7.97. The summed E-state index contributed by atoms with van der Waals surface area (Å²) in [4.78, 5) is 10.4. The summed E-state index contributed by atoms with van der Waals surface area (Å²) in [6.45, 7) is 0.949. The maximum Gasteiger partial charge on any atom is 0.262 e. The molecule has 9 heteroatoms. The zero-order valence-electron chi connectivity index (χ0n) is 11.3. The lowest BCUT2D eigenvalue weighted by Gasteiger charge is -2.21. The number of nitrogens with one attached hydrogen (secondary N) is 1. The fraction of sp³-hybridized carbons (Fsp3) is 0.417. The highest BCUT2D eigenvalue weighted by molar-refractivity contribution is 7.91. The molecule has 2 unspecified atom stereocenters. The molecule has 0 fully saturated rings. The van der Waals surface area contributed by atoms with Crippen LogP contribution in [0.4, 0.5) is 13.2 Å². The first-order valence-electron chi connectivity index (χ1n) is 5.68. The number of carbonyl (C=O) groups is 1. The fourth-order valence-electron chi connectivity index (χ4n) is 1.17. The Balaban J connectivity index is 0.000000471. The highest BCUT2D eigenvalue weighted by Crippen LogP contribution is 2.10. The molecule has 0 saturated carbocycles. The Labute approximate surface area is 120 Å². The summed E-state index contributed by atoms with van der Waals surface area (Å²) in [5.74, 6) is -1.01. The molecule has 0 aromatic heterocycles. The van der Waals surface area contributed by atoms with Gasteiger partial charge in [0.25, 0.3) is 6.43 Å². The number of alkyl halides is 2. The van der Waals surface area contributed by atoms with Crippen molar-refractivity contribution in [1.82, 2.24) is 5.32 Å². The van der Waals surface area contributed by atoms with Gasteiger partial charge in [-0.15, -0.1) is 0 Å². The molecule has 0 aliphatic carbocycles. The van der Waals surface area contributed by atoms with Gasteiger partial charge in [0, 0.05) is 13.2 Å². The van der Waals surface area contributed by atoms with Gasteiger partial charge in [-0.3, -0.25) is 4.79 Å². The van der Waals surface area contributed by atoms with E-state index in [4.69, 9.17) is 5.11 Å². The number of amides is 1. The Morgan fingerprint density at radius 3 is 1.95 bits per heavy atom. The molecule has 21 heavy (non-hydrogen) atoms. The van der Waals surface area contributed by atoms with Crippen LogP contribution >= 0.6 is 0 Å². The third-order valence-corrected chi connectivity index (χ3v) is 3.29. The molecular formula is C12H16F3NO4S. The average Bonchev–Trinajstić information content (AvgIpc) is 2.35. The SMILES string of the molecule is CC(=O)NC(C(F)F)C(O)S(C)(=O)=O.Fc1ccccc1. The maximum absolute atomic E-state index is 12.2. The van der Waals surface area contributed by atoms with E-state index in [1.165, 1.54) is 12.1 Å². The molecule has 1 aromatic rings. The van der Waals surface area contributed by atoms with E-state index >= 15 is 0 Å². The number of sulfone groups is 1. The van der Waals surface area contributed by atoms with Gasteiger partial charge < -0.3 is 10.4 Å². The first kappa shape index (κ1) is 19.4. The summed E-state index contributed by atoms with van der Waals surface area (Å²) in [7, 11) is -4.03. The fourth-order valence-corrected chi connectivity index (χ4v) is 1.89. The Bertz CT molecular complexity index is 537. The molecule has 0 saturated heterocycles. The Morgan fingerprint density at radius 1 is 1.24 bits per heavy atom. The minimum absolute atomic E-state index is 0.178. The molecule has 120 valence electrons. The van der Waals surface area contributed by atoms with Gasteiger partial charge in [-0.05, 0) is 12.1 Å². The van der Waals surface area contributed by atoms with E-state index in [9.17, 15) is 26.4 Å². The van der Waals surface area contributed by atoms with Crippen molar-refractivity contribution in [2.75, 3.05) is 6.26 Å². The number of halogens is 3. The number of hydrogen-bond acceptors (Lipinski definition) is 4. The molecule has 0 aliphatic rings. The summed E-state index contributed by atoms with van der Waals surface area (Å²) in [5.41, 5.74) is -2.30. The van der Waals surface area contributed by atoms with Crippen molar-refractivity contribution in [2.45, 2.75) is 24.8 Å². The smallest absolute Gasteiger partial charge is 0.262 e. The van der Waals surface area contributed by atoms with Gasteiger partial charge in [0.2, 0.25) is 5.91 Å². The number of aliphatic hydroxyl groups is 1. The molecular weight excluding hydrogens is 311 g/mol. The molecule has 0 aliphatic heterocycles.